The first-order valence-corrected chi connectivity index (χ1v) is 9.40. The number of nitrogens with zero attached hydrogens (tertiary/aromatic N) is 1. The smallest absolute Gasteiger partial charge is 0.145 e. The lowest BCUT2D eigenvalue weighted by Crippen LogP contribution is -2.24. The molecule has 0 N–H and O–H groups in total. The van der Waals surface area contributed by atoms with E-state index < -0.39 is 4.75 Å². The Morgan fingerprint density at radius 1 is 1.04 bits per heavy atom. The van der Waals surface area contributed by atoms with E-state index in [9.17, 15) is 4.79 Å². The van der Waals surface area contributed by atoms with Crippen molar-refractivity contribution in [2.24, 2.45) is 0 Å². The number of aryl methyl sites for hydroxylation is 1. The first kappa shape index (κ1) is 17.7. The SMILES string of the molecule is CCc1ccc(-c2cnccc2SC(C)(C)C(C)=O)c2ccccc12. The van der Waals surface area contributed by atoms with Gasteiger partial charge in [-0.3, -0.25) is 9.78 Å². The fourth-order valence-corrected chi connectivity index (χ4v) is 4.02. The first-order chi connectivity index (χ1) is 11.9. The van der Waals surface area contributed by atoms with Gasteiger partial charge in [-0.05, 0) is 55.2 Å². The summed E-state index contributed by atoms with van der Waals surface area (Å²) in [5.74, 6) is 0.173. The highest BCUT2D eigenvalue weighted by Crippen LogP contribution is 2.41. The van der Waals surface area contributed by atoms with Gasteiger partial charge in [0.05, 0.1) is 4.75 Å². The van der Waals surface area contributed by atoms with Gasteiger partial charge in [0, 0.05) is 22.9 Å². The van der Waals surface area contributed by atoms with Crippen molar-refractivity contribution in [2.75, 3.05) is 0 Å². The van der Waals surface area contributed by atoms with Crippen molar-refractivity contribution in [1.29, 1.82) is 0 Å². The lowest BCUT2D eigenvalue weighted by Gasteiger charge is -2.22. The van der Waals surface area contributed by atoms with E-state index in [2.05, 4.69) is 48.3 Å². The summed E-state index contributed by atoms with van der Waals surface area (Å²) < 4.78 is -0.463. The molecule has 0 aliphatic rings. The molecule has 0 radical (unpaired) electrons. The van der Waals surface area contributed by atoms with Crippen molar-refractivity contribution in [3.05, 3.63) is 60.4 Å². The average Bonchev–Trinajstić information content (AvgIpc) is 2.61. The van der Waals surface area contributed by atoms with Crippen LogP contribution >= 0.6 is 11.8 Å². The highest BCUT2D eigenvalue weighted by Gasteiger charge is 2.26. The van der Waals surface area contributed by atoms with Gasteiger partial charge in [-0.2, -0.15) is 0 Å². The van der Waals surface area contributed by atoms with Gasteiger partial charge >= 0.3 is 0 Å². The average molecular weight is 349 g/mol. The molecule has 2 aromatic carbocycles. The second-order valence-corrected chi connectivity index (χ2v) is 8.38. The number of aromatic nitrogens is 1. The van der Waals surface area contributed by atoms with E-state index in [0.717, 1.165) is 16.9 Å². The summed E-state index contributed by atoms with van der Waals surface area (Å²) in [5, 5.41) is 2.52. The van der Waals surface area contributed by atoms with Gasteiger partial charge in [-0.1, -0.05) is 43.3 Å². The monoisotopic (exact) mass is 349 g/mol. The molecule has 0 spiro atoms. The normalized spacial score (nSPS) is 11.7. The van der Waals surface area contributed by atoms with Crippen LogP contribution in [-0.4, -0.2) is 15.5 Å². The standard InChI is InChI=1S/C22H23NOS/c1-5-16-10-11-19(18-9-7-6-8-17(16)18)20-14-23-13-12-21(20)25-22(3,4)15(2)24/h6-14H,5H2,1-4H3. The van der Waals surface area contributed by atoms with Crippen LogP contribution in [0.4, 0.5) is 0 Å². The highest BCUT2D eigenvalue weighted by molar-refractivity contribution is 8.01. The third-order valence-corrected chi connectivity index (χ3v) is 6.05. The minimum atomic E-state index is -0.463. The van der Waals surface area contributed by atoms with Crippen LogP contribution in [0.1, 0.15) is 33.3 Å². The van der Waals surface area contributed by atoms with Gasteiger partial charge < -0.3 is 0 Å². The molecule has 0 saturated carbocycles. The molecule has 1 heterocycles. The molecule has 0 fully saturated rings. The van der Waals surface area contributed by atoms with Crippen LogP contribution in [0.5, 0.6) is 0 Å². The van der Waals surface area contributed by atoms with Gasteiger partial charge in [-0.15, -0.1) is 11.8 Å². The molecule has 2 nitrogen and oxygen atoms in total. The number of rotatable bonds is 5. The number of thioether (sulfide) groups is 1. The van der Waals surface area contributed by atoms with Crippen LogP contribution in [-0.2, 0) is 11.2 Å². The second kappa shape index (κ2) is 7.01. The minimum Gasteiger partial charge on any atom is -0.298 e. The predicted octanol–water partition coefficient (Wildman–Crippen LogP) is 5.92. The number of hydrogen-bond acceptors (Lipinski definition) is 3. The summed E-state index contributed by atoms with van der Waals surface area (Å²) in [7, 11) is 0. The van der Waals surface area contributed by atoms with Crippen LogP contribution in [0.25, 0.3) is 21.9 Å². The molecule has 128 valence electrons. The summed E-state index contributed by atoms with van der Waals surface area (Å²) >= 11 is 1.60. The summed E-state index contributed by atoms with van der Waals surface area (Å²) in [6.07, 6.45) is 4.71. The lowest BCUT2D eigenvalue weighted by atomic mass is 9.95. The van der Waals surface area contributed by atoms with Crippen molar-refractivity contribution in [2.45, 2.75) is 43.8 Å². The maximum atomic E-state index is 12.0. The zero-order valence-corrected chi connectivity index (χ0v) is 16.0. The van der Waals surface area contributed by atoms with Crippen LogP contribution < -0.4 is 0 Å². The third kappa shape index (κ3) is 3.47. The highest BCUT2D eigenvalue weighted by atomic mass is 32.2. The first-order valence-electron chi connectivity index (χ1n) is 8.59. The Bertz CT molecular complexity index is 930. The van der Waals surface area contributed by atoms with Gasteiger partial charge in [0.25, 0.3) is 0 Å². The Labute approximate surface area is 153 Å². The van der Waals surface area contributed by atoms with E-state index in [1.54, 1.807) is 24.9 Å². The fourth-order valence-electron chi connectivity index (χ4n) is 2.92. The Morgan fingerprint density at radius 3 is 2.44 bits per heavy atom. The number of ketones is 1. The van der Waals surface area contributed by atoms with E-state index >= 15 is 0 Å². The molecule has 3 aromatic rings. The molecular formula is C22H23NOS. The van der Waals surface area contributed by atoms with Crippen LogP contribution in [0, 0.1) is 0 Å². The Balaban J connectivity index is 2.19. The van der Waals surface area contributed by atoms with Crippen LogP contribution in [0.3, 0.4) is 0 Å². The number of carbonyl (C=O) groups excluding carboxylic acids is 1. The van der Waals surface area contributed by atoms with Gasteiger partial charge in [-0.25, -0.2) is 0 Å². The molecule has 0 aliphatic heterocycles. The lowest BCUT2D eigenvalue weighted by molar-refractivity contribution is -0.118. The Kier molecular flexibility index (Phi) is 4.96. The molecule has 0 amide bonds. The van der Waals surface area contributed by atoms with Crippen LogP contribution in [0.2, 0.25) is 0 Å². The zero-order valence-electron chi connectivity index (χ0n) is 15.2. The van der Waals surface area contributed by atoms with Gasteiger partial charge in [0.1, 0.15) is 5.78 Å². The number of pyridine rings is 1. The molecule has 0 aliphatic carbocycles. The molecule has 3 heteroatoms. The number of carbonyl (C=O) groups is 1. The number of hydrogen-bond donors (Lipinski definition) is 0. The minimum absolute atomic E-state index is 0.173. The molecule has 0 unspecified atom stereocenters. The van der Waals surface area contributed by atoms with Crippen molar-refractivity contribution in [3.63, 3.8) is 0 Å². The van der Waals surface area contributed by atoms with Gasteiger partial charge in [0.2, 0.25) is 0 Å². The molecule has 0 saturated heterocycles. The Hall–Kier alpha value is -2.13. The quantitative estimate of drug-likeness (QED) is 0.535. The van der Waals surface area contributed by atoms with Crippen molar-refractivity contribution >= 4 is 28.3 Å². The fraction of sp³-hybridized carbons (Fsp3) is 0.273. The molecule has 0 atom stereocenters. The molecule has 3 rings (SSSR count). The third-order valence-electron chi connectivity index (χ3n) is 4.68. The van der Waals surface area contributed by atoms with Gasteiger partial charge in [0.15, 0.2) is 0 Å². The number of benzene rings is 2. The van der Waals surface area contributed by atoms with Crippen molar-refractivity contribution < 1.29 is 4.79 Å². The number of fused-ring (bicyclic) bond motifs is 1. The molecule has 1 aromatic heterocycles. The van der Waals surface area contributed by atoms with Crippen LogP contribution in [0.15, 0.2) is 59.8 Å². The summed E-state index contributed by atoms with van der Waals surface area (Å²) in [6, 6.07) is 14.9. The van der Waals surface area contributed by atoms with E-state index in [1.165, 1.54) is 21.9 Å². The maximum absolute atomic E-state index is 12.0. The summed E-state index contributed by atoms with van der Waals surface area (Å²) in [5.41, 5.74) is 3.60. The van der Waals surface area contributed by atoms with E-state index in [1.807, 2.05) is 26.1 Å². The largest absolute Gasteiger partial charge is 0.298 e. The zero-order chi connectivity index (χ0) is 18.0. The molecule has 0 bridgehead atoms. The summed E-state index contributed by atoms with van der Waals surface area (Å²) in [6.45, 7) is 7.78. The van der Waals surface area contributed by atoms with Crippen molar-refractivity contribution in [1.82, 2.24) is 4.98 Å². The topological polar surface area (TPSA) is 30.0 Å². The van der Waals surface area contributed by atoms with E-state index in [-0.39, 0.29) is 5.78 Å². The second-order valence-electron chi connectivity index (χ2n) is 6.71. The van der Waals surface area contributed by atoms with E-state index in [4.69, 9.17) is 0 Å². The predicted molar refractivity (Wildman–Crippen MR) is 107 cm³/mol. The molecular weight excluding hydrogens is 326 g/mol. The molecule has 25 heavy (non-hydrogen) atoms. The van der Waals surface area contributed by atoms with E-state index in [0.29, 0.717) is 0 Å². The maximum Gasteiger partial charge on any atom is 0.145 e. The number of Topliss-reactive ketones (excluding diaryl/α,β-unsaturated/α-hetero) is 1. The Morgan fingerprint density at radius 2 is 1.76 bits per heavy atom. The summed E-state index contributed by atoms with van der Waals surface area (Å²) in [4.78, 5) is 17.4. The van der Waals surface area contributed by atoms with Crippen molar-refractivity contribution in [3.8, 4) is 11.1 Å².